The van der Waals surface area contributed by atoms with E-state index < -0.39 is 0 Å². The smallest absolute Gasteiger partial charge is 0.174 e. The number of nitrogens with one attached hydrogen (secondary N) is 1. The second kappa shape index (κ2) is 11.2. The summed E-state index contributed by atoms with van der Waals surface area (Å²) >= 11 is 2.24. The highest BCUT2D eigenvalue weighted by Gasteiger charge is 2.37. The third-order valence-electron chi connectivity index (χ3n) is 7.44. The zero-order valence-electron chi connectivity index (χ0n) is 21.5. The van der Waals surface area contributed by atoms with E-state index >= 15 is 0 Å². The molecule has 0 unspecified atom stereocenters. The molecule has 4 nitrogen and oxygen atoms in total. The monoisotopic (exact) mass is 630 g/mol. The summed E-state index contributed by atoms with van der Waals surface area (Å²) in [5.74, 6) is 2.01. The molecule has 4 aromatic rings. The molecule has 39 heavy (non-hydrogen) atoms. The molecule has 0 aromatic heterocycles. The first-order valence-electron chi connectivity index (χ1n) is 13.0. The van der Waals surface area contributed by atoms with Crippen LogP contribution in [0, 0.1) is 15.3 Å². The Morgan fingerprint density at radius 3 is 2.62 bits per heavy atom. The number of benzene rings is 4. The predicted molar refractivity (Wildman–Crippen MR) is 163 cm³/mol. The van der Waals surface area contributed by atoms with E-state index in [9.17, 15) is 4.39 Å². The minimum Gasteiger partial charge on any atom is -0.493 e. The summed E-state index contributed by atoms with van der Waals surface area (Å²) in [7, 11) is 1.62. The van der Waals surface area contributed by atoms with Gasteiger partial charge in [-0.1, -0.05) is 54.6 Å². The van der Waals surface area contributed by atoms with Gasteiger partial charge in [0, 0.05) is 17.8 Å². The predicted octanol–water partition coefficient (Wildman–Crippen LogP) is 8.60. The first-order valence-corrected chi connectivity index (χ1v) is 14.1. The van der Waals surface area contributed by atoms with Crippen molar-refractivity contribution in [1.29, 1.82) is 0 Å². The van der Waals surface area contributed by atoms with Gasteiger partial charge in [-0.2, -0.15) is 0 Å². The number of methoxy groups -OCH3 is 1. The van der Waals surface area contributed by atoms with Gasteiger partial charge in [-0.05, 0) is 99.6 Å². The van der Waals surface area contributed by atoms with Crippen molar-refractivity contribution in [1.82, 2.24) is 0 Å². The maximum atomic E-state index is 13.2. The number of hydrogen-bond acceptors (Lipinski definition) is 4. The molecule has 6 rings (SSSR count). The fraction of sp³-hybridized carbons (Fsp3) is 0.182. The molecule has 1 aliphatic heterocycles. The molecule has 196 valence electrons. The van der Waals surface area contributed by atoms with Gasteiger partial charge in [-0.3, -0.25) is 4.99 Å². The molecule has 4 aromatic carbocycles. The van der Waals surface area contributed by atoms with Crippen LogP contribution in [-0.4, -0.2) is 13.3 Å². The number of hydrogen-bond donors (Lipinski definition) is 1. The lowest BCUT2D eigenvalue weighted by Gasteiger charge is -2.37. The molecular formula is C33H28FIN2O2. The number of aliphatic imine (C=N–C) groups is 1. The first kappa shape index (κ1) is 25.6. The van der Waals surface area contributed by atoms with Crippen LogP contribution in [0.4, 0.5) is 15.8 Å². The molecule has 0 radical (unpaired) electrons. The average Bonchev–Trinajstić information content (AvgIpc) is 3.46. The van der Waals surface area contributed by atoms with Crippen LogP contribution in [-0.2, 0) is 6.61 Å². The normalized spacial score (nSPS) is 19.4. The number of nitrogens with zero attached hydrogens (tertiary/aromatic N) is 1. The lowest BCUT2D eigenvalue weighted by atomic mass is 9.77. The number of para-hydroxylation sites is 1. The fourth-order valence-electron chi connectivity index (χ4n) is 5.48. The Morgan fingerprint density at radius 1 is 1.03 bits per heavy atom. The van der Waals surface area contributed by atoms with Gasteiger partial charge in [0.25, 0.3) is 0 Å². The van der Waals surface area contributed by atoms with Gasteiger partial charge in [0.1, 0.15) is 12.4 Å². The minimum atomic E-state index is -0.264. The molecule has 3 atom stereocenters. The number of halogens is 2. The zero-order chi connectivity index (χ0) is 26.8. The molecule has 1 aliphatic carbocycles. The summed E-state index contributed by atoms with van der Waals surface area (Å²) in [4.78, 5) is 4.72. The van der Waals surface area contributed by atoms with Crippen molar-refractivity contribution in [3.05, 3.63) is 129 Å². The Kier molecular flexibility index (Phi) is 7.37. The molecule has 1 N–H and O–H groups in total. The molecule has 1 heterocycles. The summed E-state index contributed by atoms with van der Waals surface area (Å²) in [6, 6.07) is 27.7. The summed E-state index contributed by atoms with van der Waals surface area (Å²) in [5.41, 5.74) is 6.59. The van der Waals surface area contributed by atoms with Crippen LogP contribution in [0.15, 0.2) is 102 Å². The summed E-state index contributed by atoms with van der Waals surface area (Å²) in [6.07, 6.45) is 7.61. The van der Waals surface area contributed by atoms with E-state index in [1.807, 2.05) is 18.3 Å². The van der Waals surface area contributed by atoms with E-state index in [4.69, 9.17) is 14.5 Å². The van der Waals surface area contributed by atoms with Crippen LogP contribution in [0.5, 0.6) is 11.5 Å². The Labute approximate surface area is 241 Å². The van der Waals surface area contributed by atoms with Gasteiger partial charge < -0.3 is 14.8 Å². The van der Waals surface area contributed by atoms with Gasteiger partial charge in [0.05, 0.1) is 22.4 Å². The topological polar surface area (TPSA) is 42.8 Å². The lowest BCUT2D eigenvalue weighted by molar-refractivity contribution is 0.282. The van der Waals surface area contributed by atoms with E-state index in [1.165, 1.54) is 28.9 Å². The zero-order valence-corrected chi connectivity index (χ0v) is 23.6. The summed E-state index contributed by atoms with van der Waals surface area (Å²) in [5, 5.41) is 3.79. The molecule has 0 fully saturated rings. The average molecular weight is 631 g/mol. The highest BCUT2D eigenvalue weighted by molar-refractivity contribution is 14.1. The van der Waals surface area contributed by atoms with Gasteiger partial charge >= 0.3 is 0 Å². The van der Waals surface area contributed by atoms with Crippen molar-refractivity contribution >= 4 is 40.2 Å². The van der Waals surface area contributed by atoms with E-state index in [0.29, 0.717) is 29.9 Å². The fourth-order valence-corrected chi connectivity index (χ4v) is 6.26. The molecular weight excluding hydrogens is 602 g/mol. The Balaban J connectivity index is 1.16. The van der Waals surface area contributed by atoms with Crippen molar-refractivity contribution < 1.29 is 13.9 Å². The van der Waals surface area contributed by atoms with Crippen molar-refractivity contribution in [3.8, 4) is 11.5 Å². The van der Waals surface area contributed by atoms with Crippen LogP contribution in [0.25, 0.3) is 0 Å². The van der Waals surface area contributed by atoms with Gasteiger partial charge in [0.2, 0.25) is 0 Å². The number of allylic oxidation sites excluding steroid dienone is 2. The number of anilines is 1. The Hall–Kier alpha value is -3.65. The molecule has 0 amide bonds. The quantitative estimate of drug-likeness (QED) is 0.126. The number of fused-ring (bicyclic) bond motifs is 3. The Bertz CT molecular complexity index is 1530. The van der Waals surface area contributed by atoms with E-state index in [0.717, 1.165) is 26.8 Å². The SMILES string of the molecule is COc1cc(C=Nc2ccc([C@@H]3Nc4ccccc4[C@@H]4C=CC[C@H]43)cc2)cc(I)c1OCc1ccc(F)cc1. The van der Waals surface area contributed by atoms with E-state index in [2.05, 4.69) is 88.6 Å². The van der Waals surface area contributed by atoms with Crippen molar-refractivity contribution in [2.75, 3.05) is 12.4 Å². The number of rotatable bonds is 7. The molecule has 0 spiro atoms. The van der Waals surface area contributed by atoms with E-state index in [1.54, 1.807) is 19.2 Å². The van der Waals surface area contributed by atoms with Crippen LogP contribution in [0.1, 0.15) is 40.6 Å². The maximum absolute atomic E-state index is 13.2. The van der Waals surface area contributed by atoms with Crippen LogP contribution < -0.4 is 14.8 Å². The van der Waals surface area contributed by atoms with Crippen molar-refractivity contribution in [2.45, 2.75) is 25.0 Å². The van der Waals surface area contributed by atoms with Gasteiger partial charge in [-0.15, -0.1) is 0 Å². The standard InChI is InChI=1S/C33H28FIN2O2/c1-38-31-18-22(17-29(35)33(31)39-20-21-9-13-24(34)14-10-21)19-36-25-15-11-23(12-16-25)32-28-7-4-6-26(28)27-5-2-3-8-30(27)37-32/h2-6,8-19,26,28,32,37H,7,20H2,1H3/t26-,28+,32-/m0/s1. The lowest BCUT2D eigenvalue weighted by Crippen LogP contribution is -2.28. The molecule has 0 saturated heterocycles. The van der Waals surface area contributed by atoms with E-state index in [-0.39, 0.29) is 11.9 Å². The second-order valence-corrected chi connectivity index (χ2v) is 11.0. The Morgan fingerprint density at radius 2 is 1.82 bits per heavy atom. The molecule has 0 bridgehead atoms. The third-order valence-corrected chi connectivity index (χ3v) is 8.24. The first-order chi connectivity index (χ1) is 19.1. The highest BCUT2D eigenvalue weighted by atomic mass is 127. The minimum absolute atomic E-state index is 0.264. The highest BCUT2D eigenvalue weighted by Crippen LogP contribution is 2.49. The molecule has 6 heteroatoms. The van der Waals surface area contributed by atoms with Crippen LogP contribution in [0.2, 0.25) is 0 Å². The summed E-state index contributed by atoms with van der Waals surface area (Å²) in [6.45, 7) is 0.325. The van der Waals surface area contributed by atoms with Gasteiger partial charge in [-0.25, -0.2) is 4.39 Å². The molecule has 2 aliphatic rings. The second-order valence-electron chi connectivity index (χ2n) is 9.86. The summed E-state index contributed by atoms with van der Waals surface area (Å²) < 4.78 is 25.7. The maximum Gasteiger partial charge on any atom is 0.174 e. The van der Waals surface area contributed by atoms with Gasteiger partial charge in [0.15, 0.2) is 11.5 Å². The van der Waals surface area contributed by atoms with Crippen LogP contribution >= 0.6 is 22.6 Å². The third kappa shape index (κ3) is 5.43. The van der Waals surface area contributed by atoms with Crippen molar-refractivity contribution in [3.63, 3.8) is 0 Å². The number of ether oxygens (including phenoxy) is 2. The van der Waals surface area contributed by atoms with Crippen LogP contribution in [0.3, 0.4) is 0 Å². The van der Waals surface area contributed by atoms with Crippen molar-refractivity contribution in [2.24, 2.45) is 10.9 Å². The largest absolute Gasteiger partial charge is 0.493 e. The molecule has 0 saturated carbocycles.